The molecule has 0 bridgehead atoms. The molecule has 0 atom stereocenters. The molecule has 0 radical (unpaired) electrons. The maximum absolute atomic E-state index is 12.0. The van der Waals surface area contributed by atoms with E-state index in [-0.39, 0.29) is 11.7 Å². The fourth-order valence-corrected chi connectivity index (χ4v) is 3.40. The second kappa shape index (κ2) is 6.99. The summed E-state index contributed by atoms with van der Waals surface area (Å²) in [6.07, 6.45) is 1.65. The van der Waals surface area contributed by atoms with E-state index in [4.69, 9.17) is 0 Å². The summed E-state index contributed by atoms with van der Waals surface area (Å²) in [5.41, 5.74) is 1.60. The Kier molecular flexibility index (Phi) is 4.40. The van der Waals surface area contributed by atoms with Gasteiger partial charge in [0.05, 0.1) is 5.75 Å². The summed E-state index contributed by atoms with van der Waals surface area (Å²) >= 11 is 2.74. The van der Waals surface area contributed by atoms with E-state index in [1.54, 1.807) is 10.7 Å². The molecule has 0 aliphatic heterocycles. The van der Waals surface area contributed by atoms with Crippen molar-refractivity contribution in [2.75, 3.05) is 11.1 Å². The van der Waals surface area contributed by atoms with E-state index in [9.17, 15) is 4.79 Å². The van der Waals surface area contributed by atoms with Gasteiger partial charge in [-0.2, -0.15) is 9.61 Å². The van der Waals surface area contributed by atoms with Crippen LogP contribution in [0.2, 0.25) is 0 Å². The van der Waals surface area contributed by atoms with Crippen molar-refractivity contribution in [3.63, 3.8) is 0 Å². The highest BCUT2D eigenvalue weighted by atomic mass is 32.2. The van der Waals surface area contributed by atoms with E-state index in [1.165, 1.54) is 23.1 Å². The Morgan fingerprint density at radius 1 is 1.16 bits per heavy atom. The van der Waals surface area contributed by atoms with Crippen LogP contribution in [0.25, 0.3) is 17.0 Å². The summed E-state index contributed by atoms with van der Waals surface area (Å²) < 4.78 is 1.69. The van der Waals surface area contributed by atoms with E-state index in [1.807, 2.05) is 47.8 Å². The lowest BCUT2D eigenvalue weighted by atomic mass is 10.2. The lowest BCUT2D eigenvalue weighted by molar-refractivity contribution is -0.113. The summed E-state index contributed by atoms with van der Waals surface area (Å²) in [4.78, 5) is 16.0. The summed E-state index contributed by atoms with van der Waals surface area (Å²) in [5, 5.41) is 18.8. The highest BCUT2D eigenvalue weighted by Crippen LogP contribution is 2.21. The van der Waals surface area contributed by atoms with Crippen molar-refractivity contribution < 1.29 is 4.79 Å². The molecule has 1 N–H and O–H groups in total. The highest BCUT2D eigenvalue weighted by Gasteiger charge is 2.11. The Bertz CT molecular complexity index is 1000. The van der Waals surface area contributed by atoms with Crippen LogP contribution in [0.3, 0.4) is 0 Å². The molecule has 0 unspecified atom stereocenters. The number of carbonyl (C=O) groups is 1. The van der Waals surface area contributed by atoms with Crippen LogP contribution in [0, 0.1) is 0 Å². The number of rotatable bonds is 5. The number of hydrogen-bond acceptors (Lipinski definition) is 7. The molecule has 0 aliphatic carbocycles. The maximum atomic E-state index is 12.0. The molecule has 0 spiro atoms. The fraction of sp³-hybridized carbons (Fsp3) is 0.0625. The summed E-state index contributed by atoms with van der Waals surface area (Å²) in [6.45, 7) is 0. The maximum Gasteiger partial charge on any atom is 0.236 e. The number of carbonyl (C=O) groups excluding carboxylic acids is 1. The highest BCUT2D eigenvalue weighted by molar-refractivity contribution is 7.99. The van der Waals surface area contributed by atoms with Crippen LogP contribution in [0.1, 0.15) is 0 Å². The van der Waals surface area contributed by atoms with Gasteiger partial charge in [-0.15, -0.1) is 21.5 Å². The normalized spacial score (nSPS) is 10.9. The molecule has 124 valence electrons. The summed E-state index contributed by atoms with van der Waals surface area (Å²) in [6, 6.07) is 13.4. The lowest BCUT2D eigenvalue weighted by Gasteiger charge is -2.03. The molecular weight excluding hydrogens is 356 g/mol. The first-order valence-corrected chi connectivity index (χ1v) is 9.26. The van der Waals surface area contributed by atoms with Gasteiger partial charge in [-0.05, 0) is 12.1 Å². The average molecular weight is 368 g/mol. The first-order valence-electron chi connectivity index (χ1n) is 7.39. The average Bonchev–Trinajstić information content (AvgIpc) is 3.30. The molecule has 0 saturated carbocycles. The van der Waals surface area contributed by atoms with Crippen molar-refractivity contribution >= 4 is 39.8 Å². The SMILES string of the molecule is O=C(CSc1ccc2nnc(-c3ccccc3)n2n1)Nc1nccs1. The van der Waals surface area contributed by atoms with Gasteiger partial charge in [0, 0.05) is 17.1 Å². The van der Waals surface area contributed by atoms with Crippen LogP contribution in [0.4, 0.5) is 5.13 Å². The second-order valence-corrected chi connectivity index (χ2v) is 6.90. The summed E-state index contributed by atoms with van der Waals surface area (Å²) in [7, 11) is 0. The number of nitrogens with one attached hydrogen (secondary N) is 1. The van der Waals surface area contributed by atoms with Crippen molar-refractivity contribution in [3.8, 4) is 11.4 Å². The number of benzene rings is 1. The molecule has 3 aromatic heterocycles. The van der Waals surface area contributed by atoms with Crippen LogP contribution in [0.15, 0.2) is 59.1 Å². The minimum atomic E-state index is -0.117. The zero-order chi connectivity index (χ0) is 17.1. The number of nitrogens with zero attached hydrogens (tertiary/aromatic N) is 5. The van der Waals surface area contributed by atoms with Crippen LogP contribution < -0.4 is 5.32 Å². The van der Waals surface area contributed by atoms with Gasteiger partial charge in [-0.25, -0.2) is 4.98 Å². The Hall–Kier alpha value is -2.78. The first-order chi connectivity index (χ1) is 12.3. The number of thioether (sulfide) groups is 1. The Morgan fingerprint density at radius 2 is 2.04 bits per heavy atom. The molecular formula is C16H12N6OS2. The number of anilines is 1. The second-order valence-electron chi connectivity index (χ2n) is 5.01. The van der Waals surface area contributed by atoms with E-state index in [0.29, 0.717) is 16.6 Å². The lowest BCUT2D eigenvalue weighted by Crippen LogP contribution is -2.14. The molecule has 7 nitrogen and oxygen atoms in total. The zero-order valence-electron chi connectivity index (χ0n) is 12.9. The quantitative estimate of drug-likeness (QED) is 0.545. The topological polar surface area (TPSA) is 85.1 Å². The monoisotopic (exact) mass is 368 g/mol. The van der Waals surface area contributed by atoms with Crippen LogP contribution in [0.5, 0.6) is 0 Å². The Morgan fingerprint density at radius 3 is 2.84 bits per heavy atom. The molecule has 0 saturated heterocycles. The first kappa shape index (κ1) is 15.7. The van der Waals surface area contributed by atoms with Gasteiger partial charge in [0.15, 0.2) is 16.6 Å². The van der Waals surface area contributed by atoms with E-state index in [2.05, 4.69) is 25.6 Å². The molecule has 25 heavy (non-hydrogen) atoms. The van der Waals surface area contributed by atoms with E-state index < -0.39 is 0 Å². The van der Waals surface area contributed by atoms with Gasteiger partial charge in [0.25, 0.3) is 0 Å². The van der Waals surface area contributed by atoms with Gasteiger partial charge >= 0.3 is 0 Å². The van der Waals surface area contributed by atoms with Crippen molar-refractivity contribution in [3.05, 3.63) is 54.0 Å². The van der Waals surface area contributed by atoms with Crippen molar-refractivity contribution in [1.82, 2.24) is 24.8 Å². The molecule has 0 fully saturated rings. The third-order valence-corrected chi connectivity index (χ3v) is 4.91. The number of thiazole rings is 1. The van der Waals surface area contributed by atoms with Crippen LogP contribution >= 0.6 is 23.1 Å². The fourth-order valence-electron chi connectivity index (χ4n) is 2.20. The van der Waals surface area contributed by atoms with Gasteiger partial charge in [0.1, 0.15) is 5.03 Å². The van der Waals surface area contributed by atoms with Gasteiger partial charge in [-0.3, -0.25) is 4.79 Å². The Balaban J connectivity index is 1.52. The largest absolute Gasteiger partial charge is 0.301 e. The van der Waals surface area contributed by atoms with Gasteiger partial charge in [-0.1, -0.05) is 42.1 Å². The zero-order valence-corrected chi connectivity index (χ0v) is 14.5. The minimum Gasteiger partial charge on any atom is -0.301 e. The third-order valence-electron chi connectivity index (χ3n) is 3.30. The smallest absolute Gasteiger partial charge is 0.236 e. The number of amides is 1. The molecule has 3 heterocycles. The van der Waals surface area contributed by atoms with E-state index in [0.717, 1.165) is 10.6 Å². The number of fused-ring (bicyclic) bond motifs is 1. The molecule has 1 aromatic carbocycles. The van der Waals surface area contributed by atoms with Crippen molar-refractivity contribution in [2.24, 2.45) is 0 Å². The van der Waals surface area contributed by atoms with Crippen molar-refractivity contribution in [1.29, 1.82) is 0 Å². The molecule has 4 rings (SSSR count). The third kappa shape index (κ3) is 3.52. The van der Waals surface area contributed by atoms with Gasteiger partial charge in [0.2, 0.25) is 5.91 Å². The van der Waals surface area contributed by atoms with Crippen LogP contribution in [-0.4, -0.2) is 36.5 Å². The predicted molar refractivity (Wildman–Crippen MR) is 97.7 cm³/mol. The number of hydrogen-bond donors (Lipinski definition) is 1. The molecule has 4 aromatic rings. The summed E-state index contributed by atoms with van der Waals surface area (Å²) in [5.74, 6) is 0.806. The van der Waals surface area contributed by atoms with E-state index >= 15 is 0 Å². The van der Waals surface area contributed by atoms with Crippen molar-refractivity contribution in [2.45, 2.75) is 5.03 Å². The Labute approximate surface area is 151 Å². The van der Waals surface area contributed by atoms with Crippen LogP contribution in [-0.2, 0) is 4.79 Å². The molecule has 1 amide bonds. The number of aromatic nitrogens is 5. The molecule has 0 aliphatic rings. The molecule has 9 heteroatoms. The standard InChI is InChI=1S/C16H12N6OS2/c23-13(18-16-17-8-9-24-16)10-25-14-7-6-12-19-20-15(22(12)21-14)11-4-2-1-3-5-11/h1-9H,10H2,(H,17,18,23). The minimum absolute atomic E-state index is 0.117. The predicted octanol–water partition coefficient (Wildman–Crippen LogP) is 2.98. The van der Waals surface area contributed by atoms with Gasteiger partial charge < -0.3 is 5.32 Å².